The van der Waals surface area contributed by atoms with E-state index in [0.29, 0.717) is 0 Å². The van der Waals surface area contributed by atoms with E-state index in [-0.39, 0.29) is 43.8 Å². The van der Waals surface area contributed by atoms with Crippen molar-refractivity contribution in [2.75, 3.05) is 5.32 Å². The molecule has 2 aromatic heterocycles. The molecule has 188 valence electrons. The van der Waals surface area contributed by atoms with Crippen LogP contribution in [0.1, 0.15) is 28.9 Å². The molecule has 0 amide bonds. The van der Waals surface area contributed by atoms with Gasteiger partial charge in [-0.3, -0.25) is 9.36 Å². The summed E-state index contributed by atoms with van der Waals surface area (Å²) < 4.78 is 56.0. The zero-order chi connectivity index (χ0) is 26.4. The highest BCUT2D eigenvalue weighted by Gasteiger charge is 2.33. The fraction of sp³-hybridized carbons (Fsp3) is 0.174. The largest absolute Gasteiger partial charge is 0.504 e. The zero-order valence-corrected chi connectivity index (χ0v) is 19.7. The summed E-state index contributed by atoms with van der Waals surface area (Å²) in [7, 11) is 0. The molecule has 0 radical (unpaired) electrons. The summed E-state index contributed by atoms with van der Waals surface area (Å²) in [5, 5.41) is 22.0. The number of fused-ring (bicyclic) bond motifs is 1. The van der Waals surface area contributed by atoms with Gasteiger partial charge in [0, 0.05) is 0 Å². The van der Waals surface area contributed by atoms with Crippen molar-refractivity contribution in [2.45, 2.75) is 25.9 Å². The van der Waals surface area contributed by atoms with E-state index in [9.17, 15) is 32.6 Å². The summed E-state index contributed by atoms with van der Waals surface area (Å²) >= 11 is 11.7. The number of anilines is 1. The normalized spacial score (nSPS) is 12.7. The Labute approximate surface area is 210 Å². The third kappa shape index (κ3) is 4.81. The van der Waals surface area contributed by atoms with Crippen LogP contribution in [0.2, 0.25) is 10.2 Å². The molecule has 13 heteroatoms. The van der Waals surface area contributed by atoms with Gasteiger partial charge in [0.05, 0.1) is 33.9 Å². The van der Waals surface area contributed by atoms with Crippen molar-refractivity contribution in [1.82, 2.24) is 14.5 Å². The molecule has 4 rings (SSSR count). The van der Waals surface area contributed by atoms with E-state index >= 15 is 0 Å². The minimum absolute atomic E-state index is 0.0140. The van der Waals surface area contributed by atoms with Crippen molar-refractivity contribution >= 4 is 39.8 Å². The summed E-state index contributed by atoms with van der Waals surface area (Å²) in [5.41, 5.74) is -2.48. The van der Waals surface area contributed by atoms with Crippen LogP contribution in [0.4, 0.5) is 23.2 Å². The molecule has 1 unspecified atom stereocenters. The van der Waals surface area contributed by atoms with Gasteiger partial charge in [-0.1, -0.05) is 41.4 Å². The van der Waals surface area contributed by atoms with Crippen LogP contribution < -0.4 is 10.9 Å². The van der Waals surface area contributed by atoms with Crippen molar-refractivity contribution in [3.8, 4) is 5.75 Å². The van der Waals surface area contributed by atoms with Crippen LogP contribution >= 0.6 is 23.2 Å². The Balaban J connectivity index is 1.83. The predicted octanol–water partition coefficient (Wildman–Crippen LogP) is 5.42. The molecule has 0 fully saturated rings. The number of hydrogen-bond acceptors (Lipinski definition) is 6. The average molecular weight is 543 g/mol. The van der Waals surface area contributed by atoms with Crippen molar-refractivity contribution in [1.29, 1.82) is 0 Å². The number of nitrogens with one attached hydrogen (secondary N) is 1. The topological polar surface area (TPSA) is 100 Å². The second-order valence-corrected chi connectivity index (χ2v) is 8.50. The summed E-state index contributed by atoms with van der Waals surface area (Å²) in [5.74, 6) is -1.36. The summed E-state index contributed by atoms with van der Waals surface area (Å²) in [4.78, 5) is 21.3. The number of alkyl halides is 3. The van der Waals surface area contributed by atoms with E-state index in [1.54, 1.807) is 0 Å². The van der Waals surface area contributed by atoms with Crippen LogP contribution in [-0.2, 0) is 12.7 Å². The molecule has 0 aliphatic heterocycles. The van der Waals surface area contributed by atoms with Crippen LogP contribution in [0.3, 0.4) is 0 Å². The maximum absolute atomic E-state index is 14.6. The number of benzene rings is 2. The average Bonchev–Trinajstić information content (AvgIpc) is 2.81. The van der Waals surface area contributed by atoms with Gasteiger partial charge in [-0.05, 0) is 36.8 Å². The van der Waals surface area contributed by atoms with E-state index in [2.05, 4.69) is 15.3 Å². The Bertz CT molecular complexity index is 1520. The van der Waals surface area contributed by atoms with Crippen molar-refractivity contribution in [2.24, 2.45) is 0 Å². The molecule has 0 spiro atoms. The lowest BCUT2D eigenvalue weighted by Gasteiger charge is -2.19. The zero-order valence-electron chi connectivity index (χ0n) is 18.2. The molecule has 0 aliphatic carbocycles. The monoisotopic (exact) mass is 542 g/mol. The summed E-state index contributed by atoms with van der Waals surface area (Å²) in [6.45, 7) is 0.891. The van der Waals surface area contributed by atoms with E-state index in [1.165, 1.54) is 25.1 Å². The maximum Gasteiger partial charge on any atom is 0.416 e. The molecule has 7 nitrogen and oxygen atoms in total. The quantitative estimate of drug-likeness (QED) is 0.177. The van der Waals surface area contributed by atoms with Gasteiger partial charge in [0.15, 0.2) is 17.1 Å². The molecule has 2 aromatic carbocycles. The highest BCUT2D eigenvalue weighted by molar-refractivity contribution is 6.36. The minimum Gasteiger partial charge on any atom is -0.504 e. The lowest BCUT2D eigenvalue weighted by Crippen LogP contribution is -2.27. The van der Waals surface area contributed by atoms with E-state index < -0.39 is 41.6 Å². The summed E-state index contributed by atoms with van der Waals surface area (Å²) in [6.07, 6.45) is -6.27. The predicted molar refractivity (Wildman–Crippen MR) is 126 cm³/mol. The molecule has 36 heavy (non-hydrogen) atoms. The number of pyridine rings is 1. The third-order valence-corrected chi connectivity index (χ3v) is 5.95. The first-order valence-electron chi connectivity index (χ1n) is 10.2. The van der Waals surface area contributed by atoms with Gasteiger partial charge < -0.3 is 15.5 Å². The Hall–Kier alpha value is -3.41. The number of aliphatic hydroxyl groups excluding tert-OH is 1. The Morgan fingerprint density at radius 1 is 1.14 bits per heavy atom. The fourth-order valence-electron chi connectivity index (χ4n) is 3.66. The van der Waals surface area contributed by atoms with Gasteiger partial charge in [0.25, 0.3) is 5.56 Å². The SMILES string of the molecule is Cc1nc2c(F)ccc(NC(O)c3cc(Cl)c(O)c(Cl)n3)c2c(=O)n1Cc1ccccc1C(F)(F)F. The van der Waals surface area contributed by atoms with Gasteiger partial charge >= 0.3 is 6.18 Å². The van der Waals surface area contributed by atoms with Gasteiger partial charge in [-0.15, -0.1) is 0 Å². The molecule has 0 saturated carbocycles. The summed E-state index contributed by atoms with van der Waals surface area (Å²) in [6, 6.07) is 8.07. The molecule has 1 atom stereocenters. The van der Waals surface area contributed by atoms with Gasteiger partial charge in [-0.25, -0.2) is 14.4 Å². The smallest absolute Gasteiger partial charge is 0.416 e. The van der Waals surface area contributed by atoms with Crippen LogP contribution in [-0.4, -0.2) is 24.7 Å². The molecule has 0 saturated heterocycles. The first kappa shape index (κ1) is 25.7. The molecule has 0 aliphatic rings. The molecule has 3 N–H and O–H groups in total. The number of halogens is 6. The Kier molecular flexibility index (Phi) is 6.82. The number of nitrogens with zero attached hydrogens (tertiary/aromatic N) is 3. The molecule has 0 bridgehead atoms. The van der Waals surface area contributed by atoms with Crippen LogP contribution in [0.15, 0.2) is 47.3 Å². The number of aromatic nitrogens is 3. The fourth-order valence-corrected chi connectivity index (χ4v) is 4.11. The Morgan fingerprint density at radius 3 is 2.50 bits per heavy atom. The molecular formula is C23H16Cl2F4N4O3. The minimum atomic E-state index is -4.65. The second kappa shape index (κ2) is 9.57. The van der Waals surface area contributed by atoms with Crippen molar-refractivity contribution in [3.63, 3.8) is 0 Å². The van der Waals surface area contributed by atoms with Crippen molar-refractivity contribution < 1.29 is 27.8 Å². The second-order valence-electron chi connectivity index (χ2n) is 7.74. The first-order chi connectivity index (χ1) is 16.9. The maximum atomic E-state index is 14.6. The van der Waals surface area contributed by atoms with E-state index in [0.717, 1.165) is 28.8 Å². The lowest BCUT2D eigenvalue weighted by atomic mass is 10.1. The number of rotatable bonds is 5. The third-order valence-electron chi connectivity index (χ3n) is 5.40. The lowest BCUT2D eigenvalue weighted by molar-refractivity contribution is -0.138. The molecule has 2 heterocycles. The van der Waals surface area contributed by atoms with Gasteiger partial charge in [-0.2, -0.15) is 13.2 Å². The van der Waals surface area contributed by atoms with E-state index in [4.69, 9.17) is 23.2 Å². The first-order valence-corrected chi connectivity index (χ1v) is 11.0. The number of aliphatic hydroxyl groups is 1. The molecule has 4 aromatic rings. The number of hydrogen-bond donors (Lipinski definition) is 3. The highest BCUT2D eigenvalue weighted by Crippen LogP contribution is 2.34. The van der Waals surface area contributed by atoms with Gasteiger partial charge in [0.2, 0.25) is 0 Å². The molecular weight excluding hydrogens is 527 g/mol. The highest BCUT2D eigenvalue weighted by atomic mass is 35.5. The van der Waals surface area contributed by atoms with Crippen molar-refractivity contribution in [3.05, 3.63) is 91.5 Å². The van der Waals surface area contributed by atoms with Crippen LogP contribution in [0, 0.1) is 12.7 Å². The number of aryl methyl sites for hydroxylation is 1. The van der Waals surface area contributed by atoms with Crippen LogP contribution in [0.25, 0.3) is 10.9 Å². The standard InChI is InChI=1S/C23H16Cl2F4N4O3/c1-10-30-18-14(26)6-7-15(32-21(35)16-8-13(24)19(34)20(25)31-16)17(18)22(36)33(10)9-11-4-2-3-5-12(11)23(27,28)29/h2-8,21,32,34-35H,9H2,1H3. The number of aromatic hydroxyl groups is 1. The Morgan fingerprint density at radius 2 is 1.83 bits per heavy atom. The van der Waals surface area contributed by atoms with Gasteiger partial charge in [0.1, 0.15) is 17.2 Å². The van der Waals surface area contributed by atoms with Crippen LogP contribution in [0.5, 0.6) is 5.75 Å². The van der Waals surface area contributed by atoms with E-state index in [1.807, 2.05) is 0 Å².